The fourth-order valence-corrected chi connectivity index (χ4v) is 2.67. The Morgan fingerprint density at radius 2 is 1.56 bits per heavy atom. The summed E-state index contributed by atoms with van der Waals surface area (Å²) in [6, 6.07) is 22.8. The highest BCUT2D eigenvalue weighted by atomic mass is 16.5. The molecule has 3 aromatic carbocycles. The zero-order valence-corrected chi connectivity index (χ0v) is 15.6. The monoisotopic (exact) mass is 361 g/mol. The van der Waals surface area contributed by atoms with Gasteiger partial charge in [0, 0.05) is 5.69 Å². The van der Waals surface area contributed by atoms with E-state index < -0.39 is 0 Å². The summed E-state index contributed by atoms with van der Waals surface area (Å²) >= 11 is 0. The number of carbonyl (C=O) groups is 1. The van der Waals surface area contributed by atoms with Gasteiger partial charge in [0.25, 0.3) is 5.91 Å². The predicted molar refractivity (Wildman–Crippen MR) is 108 cm³/mol. The highest BCUT2D eigenvalue weighted by Crippen LogP contribution is 2.22. The fraction of sp³-hybridized carbons (Fsp3) is 0.174. The van der Waals surface area contributed by atoms with Gasteiger partial charge in [-0.2, -0.15) is 0 Å². The van der Waals surface area contributed by atoms with Crippen molar-refractivity contribution < 1.29 is 14.3 Å². The molecule has 0 unspecified atom stereocenters. The average Bonchev–Trinajstić information content (AvgIpc) is 2.69. The average molecular weight is 361 g/mol. The van der Waals surface area contributed by atoms with Crippen LogP contribution in [-0.4, -0.2) is 19.1 Å². The Hall–Kier alpha value is -3.27. The normalized spacial score (nSPS) is 10.3. The number of anilines is 1. The lowest BCUT2D eigenvalue weighted by atomic mass is 10.1. The van der Waals surface area contributed by atoms with Gasteiger partial charge in [-0.1, -0.05) is 42.5 Å². The number of aryl methyl sites for hydroxylation is 2. The van der Waals surface area contributed by atoms with Gasteiger partial charge in [0.05, 0.1) is 5.56 Å². The summed E-state index contributed by atoms with van der Waals surface area (Å²) in [6.45, 7) is 4.72. The van der Waals surface area contributed by atoms with Crippen molar-refractivity contribution in [3.05, 3.63) is 89.5 Å². The molecule has 0 saturated carbocycles. The molecule has 3 aromatic rings. The van der Waals surface area contributed by atoms with E-state index in [1.807, 2.05) is 74.5 Å². The van der Waals surface area contributed by atoms with Crippen molar-refractivity contribution in [1.82, 2.24) is 0 Å². The maximum absolute atomic E-state index is 12.7. The van der Waals surface area contributed by atoms with Crippen LogP contribution in [0.3, 0.4) is 0 Å². The summed E-state index contributed by atoms with van der Waals surface area (Å²) in [5.74, 6) is 1.14. The molecule has 0 radical (unpaired) electrons. The van der Waals surface area contributed by atoms with E-state index >= 15 is 0 Å². The Morgan fingerprint density at radius 3 is 2.37 bits per heavy atom. The largest absolute Gasteiger partial charge is 0.490 e. The minimum absolute atomic E-state index is 0.191. The third-order valence-corrected chi connectivity index (χ3v) is 4.13. The summed E-state index contributed by atoms with van der Waals surface area (Å²) in [5, 5.41) is 2.97. The van der Waals surface area contributed by atoms with Crippen LogP contribution in [0.2, 0.25) is 0 Å². The van der Waals surface area contributed by atoms with Crippen molar-refractivity contribution >= 4 is 11.6 Å². The second kappa shape index (κ2) is 8.90. The van der Waals surface area contributed by atoms with Crippen LogP contribution in [0.25, 0.3) is 0 Å². The number of hydrogen-bond donors (Lipinski definition) is 1. The van der Waals surface area contributed by atoms with Crippen molar-refractivity contribution in [2.45, 2.75) is 13.8 Å². The highest BCUT2D eigenvalue weighted by molar-refractivity contribution is 6.06. The first-order chi connectivity index (χ1) is 13.1. The number of nitrogens with one attached hydrogen (secondary N) is 1. The molecular weight excluding hydrogens is 338 g/mol. The Bertz CT molecular complexity index is 907. The molecule has 138 valence electrons. The van der Waals surface area contributed by atoms with Crippen LogP contribution in [-0.2, 0) is 0 Å². The van der Waals surface area contributed by atoms with E-state index in [0.717, 1.165) is 22.6 Å². The predicted octanol–water partition coefficient (Wildman–Crippen LogP) is 5.01. The van der Waals surface area contributed by atoms with Gasteiger partial charge < -0.3 is 14.8 Å². The van der Waals surface area contributed by atoms with Crippen molar-refractivity contribution in [1.29, 1.82) is 0 Å². The van der Waals surface area contributed by atoms with E-state index in [-0.39, 0.29) is 5.91 Å². The van der Waals surface area contributed by atoms with Gasteiger partial charge in [0.2, 0.25) is 0 Å². The van der Waals surface area contributed by atoms with Gasteiger partial charge in [-0.25, -0.2) is 0 Å². The van der Waals surface area contributed by atoms with Crippen LogP contribution >= 0.6 is 0 Å². The standard InChI is InChI=1S/C23H23NO3/c1-17-12-13-18(2)21(16-17)24-23(25)20-10-6-7-11-22(20)27-15-14-26-19-8-4-3-5-9-19/h3-13,16H,14-15H2,1-2H3,(H,24,25). The first kappa shape index (κ1) is 18.5. The lowest BCUT2D eigenvalue weighted by molar-refractivity contribution is 0.102. The summed E-state index contributed by atoms with van der Waals surface area (Å²) in [5.41, 5.74) is 3.42. The minimum atomic E-state index is -0.191. The van der Waals surface area contributed by atoms with E-state index in [1.54, 1.807) is 12.1 Å². The van der Waals surface area contributed by atoms with Crippen molar-refractivity contribution in [2.75, 3.05) is 18.5 Å². The summed E-state index contributed by atoms with van der Waals surface area (Å²) < 4.78 is 11.4. The molecule has 0 atom stereocenters. The maximum atomic E-state index is 12.7. The van der Waals surface area contributed by atoms with Gasteiger partial charge >= 0.3 is 0 Å². The molecule has 1 N–H and O–H groups in total. The molecule has 3 rings (SSSR count). The number of amides is 1. The van der Waals surface area contributed by atoms with Gasteiger partial charge in [0.1, 0.15) is 24.7 Å². The Labute approximate surface area is 159 Å². The second-order valence-corrected chi connectivity index (χ2v) is 6.28. The molecule has 0 fully saturated rings. The van der Waals surface area contributed by atoms with Crippen LogP contribution in [0.15, 0.2) is 72.8 Å². The number of hydrogen-bond acceptors (Lipinski definition) is 3. The van der Waals surface area contributed by atoms with E-state index in [2.05, 4.69) is 5.32 Å². The quantitative estimate of drug-likeness (QED) is 0.602. The maximum Gasteiger partial charge on any atom is 0.259 e. The molecule has 0 aliphatic carbocycles. The fourth-order valence-electron chi connectivity index (χ4n) is 2.67. The van der Waals surface area contributed by atoms with Crippen molar-refractivity contribution in [3.8, 4) is 11.5 Å². The first-order valence-corrected chi connectivity index (χ1v) is 8.92. The summed E-state index contributed by atoms with van der Waals surface area (Å²) in [6.07, 6.45) is 0. The zero-order chi connectivity index (χ0) is 19.1. The van der Waals surface area contributed by atoms with Crippen LogP contribution in [0.1, 0.15) is 21.5 Å². The van der Waals surface area contributed by atoms with Crippen LogP contribution in [0.4, 0.5) is 5.69 Å². The second-order valence-electron chi connectivity index (χ2n) is 6.28. The van der Waals surface area contributed by atoms with E-state index in [1.165, 1.54) is 0 Å². The van der Waals surface area contributed by atoms with Crippen molar-refractivity contribution in [2.24, 2.45) is 0 Å². The number of carbonyl (C=O) groups excluding carboxylic acids is 1. The van der Waals surface area contributed by atoms with Crippen LogP contribution < -0.4 is 14.8 Å². The Balaban J connectivity index is 1.62. The number of para-hydroxylation sites is 2. The molecule has 4 heteroatoms. The lowest BCUT2D eigenvalue weighted by Gasteiger charge is -2.13. The van der Waals surface area contributed by atoms with E-state index in [0.29, 0.717) is 24.5 Å². The van der Waals surface area contributed by atoms with E-state index in [4.69, 9.17) is 9.47 Å². The molecule has 0 bridgehead atoms. The molecule has 0 spiro atoms. The molecule has 0 saturated heterocycles. The van der Waals surface area contributed by atoms with Gasteiger partial charge in [-0.15, -0.1) is 0 Å². The number of rotatable bonds is 7. The van der Waals surface area contributed by atoms with E-state index in [9.17, 15) is 4.79 Å². The van der Waals surface area contributed by atoms with Crippen LogP contribution in [0.5, 0.6) is 11.5 Å². The third kappa shape index (κ3) is 5.11. The highest BCUT2D eigenvalue weighted by Gasteiger charge is 2.13. The molecule has 0 aliphatic heterocycles. The third-order valence-electron chi connectivity index (χ3n) is 4.13. The molecule has 1 amide bonds. The molecule has 0 aromatic heterocycles. The number of ether oxygens (including phenoxy) is 2. The first-order valence-electron chi connectivity index (χ1n) is 8.92. The molecular formula is C23H23NO3. The minimum Gasteiger partial charge on any atom is -0.490 e. The summed E-state index contributed by atoms with van der Waals surface area (Å²) in [7, 11) is 0. The zero-order valence-electron chi connectivity index (χ0n) is 15.6. The molecule has 0 heterocycles. The molecule has 27 heavy (non-hydrogen) atoms. The number of benzene rings is 3. The SMILES string of the molecule is Cc1ccc(C)c(NC(=O)c2ccccc2OCCOc2ccccc2)c1. The Kier molecular flexibility index (Phi) is 6.10. The smallest absolute Gasteiger partial charge is 0.259 e. The van der Waals surface area contributed by atoms with Gasteiger partial charge in [-0.05, 0) is 55.3 Å². The van der Waals surface area contributed by atoms with Gasteiger partial charge in [-0.3, -0.25) is 4.79 Å². The van der Waals surface area contributed by atoms with Gasteiger partial charge in [0.15, 0.2) is 0 Å². The molecule has 0 aliphatic rings. The summed E-state index contributed by atoms with van der Waals surface area (Å²) in [4.78, 5) is 12.7. The van der Waals surface area contributed by atoms with Crippen molar-refractivity contribution in [3.63, 3.8) is 0 Å². The Morgan fingerprint density at radius 1 is 0.852 bits per heavy atom. The topological polar surface area (TPSA) is 47.6 Å². The lowest BCUT2D eigenvalue weighted by Crippen LogP contribution is -2.16. The molecule has 4 nitrogen and oxygen atoms in total. The van der Waals surface area contributed by atoms with Crippen LogP contribution in [0, 0.1) is 13.8 Å².